The maximum absolute atomic E-state index is 13.5. The number of carbonyl (C=O) groups excluding carboxylic acids is 3. The molecular formula is C25H23N3O3. The Bertz CT molecular complexity index is 1030. The second kappa shape index (κ2) is 8.83. The van der Waals surface area contributed by atoms with Crippen LogP contribution in [-0.2, 0) is 21.5 Å². The molecule has 3 aromatic carbocycles. The van der Waals surface area contributed by atoms with Crippen LogP contribution in [0.5, 0.6) is 0 Å². The lowest BCUT2D eigenvalue weighted by atomic mass is 9.82. The minimum atomic E-state index is -1.36. The maximum Gasteiger partial charge on any atom is 0.326 e. The highest BCUT2D eigenvalue weighted by molar-refractivity contribution is 6.11. The third kappa shape index (κ3) is 4.05. The van der Waals surface area contributed by atoms with Gasteiger partial charge < -0.3 is 10.6 Å². The zero-order valence-electron chi connectivity index (χ0n) is 17.0. The number of hydrogen-bond donors (Lipinski definition) is 2. The lowest BCUT2D eigenvalue weighted by molar-refractivity contribution is -0.134. The van der Waals surface area contributed by atoms with Gasteiger partial charge in [-0.1, -0.05) is 91.0 Å². The topological polar surface area (TPSA) is 78.5 Å². The van der Waals surface area contributed by atoms with E-state index in [0.29, 0.717) is 24.1 Å². The molecule has 2 N–H and O–H groups in total. The van der Waals surface area contributed by atoms with Crippen molar-refractivity contribution in [2.75, 3.05) is 13.1 Å². The van der Waals surface area contributed by atoms with Crippen molar-refractivity contribution in [2.45, 2.75) is 12.0 Å². The molecule has 3 aromatic rings. The molecule has 4 amide bonds. The number of rotatable bonds is 7. The van der Waals surface area contributed by atoms with Crippen LogP contribution in [0.4, 0.5) is 4.79 Å². The summed E-state index contributed by atoms with van der Waals surface area (Å²) < 4.78 is 0. The second-order valence-electron chi connectivity index (χ2n) is 7.39. The van der Waals surface area contributed by atoms with E-state index in [-0.39, 0.29) is 12.5 Å². The summed E-state index contributed by atoms with van der Waals surface area (Å²) in [6.07, 6.45) is 0.671. The molecule has 0 bridgehead atoms. The summed E-state index contributed by atoms with van der Waals surface area (Å²) in [6, 6.07) is 27.4. The molecule has 6 nitrogen and oxygen atoms in total. The van der Waals surface area contributed by atoms with Crippen molar-refractivity contribution >= 4 is 17.8 Å². The van der Waals surface area contributed by atoms with Gasteiger partial charge in [0.2, 0.25) is 5.91 Å². The summed E-state index contributed by atoms with van der Waals surface area (Å²) in [5.41, 5.74) is 1.03. The fourth-order valence-electron chi connectivity index (χ4n) is 3.84. The lowest BCUT2D eigenvalue weighted by Gasteiger charge is -2.28. The van der Waals surface area contributed by atoms with E-state index in [1.54, 1.807) is 24.3 Å². The lowest BCUT2D eigenvalue weighted by Crippen LogP contribution is -2.46. The quantitative estimate of drug-likeness (QED) is 0.585. The first-order valence-corrected chi connectivity index (χ1v) is 10.2. The van der Waals surface area contributed by atoms with Gasteiger partial charge in [-0.2, -0.15) is 0 Å². The van der Waals surface area contributed by atoms with Crippen LogP contribution in [0.2, 0.25) is 0 Å². The molecule has 1 fully saturated rings. The molecule has 0 aliphatic carbocycles. The first-order valence-electron chi connectivity index (χ1n) is 10.2. The monoisotopic (exact) mass is 413 g/mol. The fraction of sp³-hybridized carbons (Fsp3) is 0.160. The molecule has 156 valence electrons. The Hall–Kier alpha value is -3.93. The minimum absolute atomic E-state index is 0.332. The number of imide groups is 1. The Kier molecular flexibility index (Phi) is 5.80. The largest absolute Gasteiger partial charge is 0.354 e. The first kappa shape index (κ1) is 20.3. The molecule has 0 aromatic heterocycles. The Morgan fingerprint density at radius 1 is 0.806 bits per heavy atom. The van der Waals surface area contributed by atoms with Gasteiger partial charge in [0, 0.05) is 6.54 Å². The van der Waals surface area contributed by atoms with Gasteiger partial charge in [0.05, 0.1) is 0 Å². The number of amides is 4. The molecule has 1 aliphatic heterocycles. The summed E-state index contributed by atoms with van der Waals surface area (Å²) in [5.74, 6) is -0.843. The van der Waals surface area contributed by atoms with Crippen LogP contribution in [0.15, 0.2) is 91.0 Å². The highest BCUT2D eigenvalue weighted by atomic mass is 16.2. The highest BCUT2D eigenvalue weighted by Gasteiger charge is 2.53. The van der Waals surface area contributed by atoms with E-state index >= 15 is 0 Å². The van der Waals surface area contributed by atoms with Gasteiger partial charge in [-0.25, -0.2) is 4.79 Å². The molecule has 1 saturated heterocycles. The van der Waals surface area contributed by atoms with E-state index in [0.717, 1.165) is 10.5 Å². The van der Waals surface area contributed by atoms with Gasteiger partial charge in [0.15, 0.2) is 5.54 Å². The van der Waals surface area contributed by atoms with E-state index in [4.69, 9.17) is 0 Å². The SMILES string of the molecule is O=C(CN1C(=O)NC(c2ccccc2)(c2ccccc2)C1=O)NCCc1ccccc1. The third-order valence-electron chi connectivity index (χ3n) is 5.40. The summed E-state index contributed by atoms with van der Waals surface area (Å²) in [6.45, 7) is 0.0931. The van der Waals surface area contributed by atoms with Gasteiger partial charge in [-0.05, 0) is 23.1 Å². The molecule has 1 heterocycles. The Morgan fingerprint density at radius 2 is 1.32 bits per heavy atom. The number of carbonyl (C=O) groups is 3. The van der Waals surface area contributed by atoms with Crippen molar-refractivity contribution in [2.24, 2.45) is 0 Å². The molecule has 4 rings (SSSR count). The van der Waals surface area contributed by atoms with Crippen LogP contribution in [0.25, 0.3) is 0 Å². The number of nitrogens with one attached hydrogen (secondary N) is 2. The smallest absolute Gasteiger partial charge is 0.326 e. The summed E-state index contributed by atoms with van der Waals surface area (Å²) in [7, 11) is 0. The zero-order valence-corrected chi connectivity index (χ0v) is 17.0. The second-order valence-corrected chi connectivity index (χ2v) is 7.39. The molecule has 0 spiro atoms. The van der Waals surface area contributed by atoms with E-state index in [2.05, 4.69) is 10.6 Å². The van der Waals surface area contributed by atoms with Gasteiger partial charge >= 0.3 is 6.03 Å². The van der Waals surface area contributed by atoms with Crippen molar-refractivity contribution in [3.63, 3.8) is 0 Å². The average Bonchev–Trinajstić information content (AvgIpc) is 3.06. The van der Waals surface area contributed by atoms with Gasteiger partial charge in [-0.15, -0.1) is 0 Å². The summed E-state index contributed by atoms with van der Waals surface area (Å²) in [4.78, 5) is 39.8. The Labute approximate surface area is 180 Å². The van der Waals surface area contributed by atoms with E-state index in [1.165, 1.54) is 0 Å². The van der Waals surface area contributed by atoms with Gasteiger partial charge in [-0.3, -0.25) is 14.5 Å². The van der Waals surface area contributed by atoms with E-state index in [9.17, 15) is 14.4 Å². The van der Waals surface area contributed by atoms with Crippen molar-refractivity contribution in [3.8, 4) is 0 Å². The average molecular weight is 413 g/mol. The summed E-state index contributed by atoms with van der Waals surface area (Å²) in [5, 5.41) is 5.64. The van der Waals surface area contributed by atoms with Gasteiger partial charge in [0.1, 0.15) is 6.54 Å². The molecule has 0 unspecified atom stereocenters. The van der Waals surface area contributed by atoms with Crippen molar-refractivity contribution in [1.82, 2.24) is 15.5 Å². The number of hydrogen-bond acceptors (Lipinski definition) is 3. The number of benzene rings is 3. The molecule has 6 heteroatoms. The maximum atomic E-state index is 13.5. The molecule has 0 saturated carbocycles. The van der Waals surface area contributed by atoms with Crippen LogP contribution < -0.4 is 10.6 Å². The standard InChI is InChI=1S/C25H23N3O3/c29-22(26-17-16-19-10-4-1-5-11-19)18-28-23(30)25(27-24(28)31,20-12-6-2-7-13-20)21-14-8-3-9-15-21/h1-15H,16-18H2,(H,26,29)(H,27,31). The predicted octanol–water partition coefficient (Wildman–Crippen LogP) is 2.84. The van der Waals surface area contributed by atoms with Crippen molar-refractivity contribution in [1.29, 1.82) is 0 Å². The molecule has 1 aliphatic rings. The van der Waals surface area contributed by atoms with Crippen molar-refractivity contribution < 1.29 is 14.4 Å². The number of nitrogens with zero attached hydrogens (tertiary/aromatic N) is 1. The molecule has 0 radical (unpaired) electrons. The van der Waals surface area contributed by atoms with Crippen LogP contribution in [0.3, 0.4) is 0 Å². The van der Waals surface area contributed by atoms with Crippen LogP contribution in [0.1, 0.15) is 16.7 Å². The molecule has 0 atom stereocenters. The Morgan fingerprint density at radius 3 is 1.87 bits per heavy atom. The first-order chi connectivity index (χ1) is 15.1. The minimum Gasteiger partial charge on any atom is -0.354 e. The normalized spacial score (nSPS) is 14.9. The predicted molar refractivity (Wildman–Crippen MR) is 117 cm³/mol. The fourth-order valence-corrected chi connectivity index (χ4v) is 3.84. The Balaban J connectivity index is 1.52. The van der Waals surface area contributed by atoms with Crippen LogP contribution in [-0.4, -0.2) is 35.8 Å². The van der Waals surface area contributed by atoms with E-state index in [1.807, 2.05) is 66.7 Å². The van der Waals surface area contributed by atoms with Crippen LogP contribution >= 0.6 is 0 Å². The van der Waals surface area contributed by atoms with Crippen LogP contribution in [0, 0.1) is 0 Å². The third-order valence-corrected chi connectivity index (χ3v) is 5.40. The summed E-state index contributed by atoms with van der Waals surface area (Å²) >= 11 is 0. The molecular weight excluding hydrogens is 390 g/mol. The van der Waals surface area contributed by atoms with E-state index < -0.39 is 17.5 Å². The zero-order chi connectivity index (χ0) is 21.7. The highest BCUT2D eigenvalue weighted by Crippen LogP contribution is 2.35. The van der Waals surface area contributed by atoms with Gasteiger partial charge in [0.25, 0.3) is 5.91 Å². The van der Waals surface area contributed by atoms with Crippen molar-refractivity contribution in [3.05, 3.63) is 108 Å². The number of urea groups is 1. The molecule has 31 heavy (non-hydrogen) atoms.